The molecule has 0 unspecified atom stereocenters. The SMILES string of the molecule is C=CCN1CCN(C(=O)c2csc(COc3ccc4c(c3)[C@H](c3ccc(C)cc3)N(C(=O)CC)CC4)n2)CC1. The highest BCUT2D eigenvalue weighted by atomic mass is 32.1. The number of benzene rings is 2. The first-order valence-corrected chi connectivity index (χ1v) is 14.5. The topological polar surface area (TPSA) is 66.0 Å². The van der Waals surface area contributed by atoms with Crippen LogP contribution in [-0.2, 0) is 17.8 Å². The van der Waals surface area contributed by atoms with Crippen LogP contribution in [0.25, 0.3) is 0 Å². The standard InChI is InChI=1S/C31H36N4O3S/c1-4-13-33-15-17-34(18-16-33)31(37)27-21-39-28(32-27)20-38-25-11-10-23-12-14-35(29(36)5-2)30(26(23)19-25)24-8-6-22(3)7-9-24/h4,6-11,19,21,30H,1,5,12-18,20H2,2-3H3/t30-/m0/s1. The number of amides is 2. The van der Waals surface area contributed by atoms with E-state index in [2.05, 4.69) is 59.8 Å². The quantitative estimate of drug-likeness (QED) is 0.379. The van der Waals surface area contributed by atoms with Crippen molar-refractivity contribution in [3.63, 3.8) is 0 Å². The first-order chi connectivity index (χ1) is 19.0. The minimum absolute atomic E-state index is 0.0221. The Labute approximate surface area is 234 Å². The van der Waals surface area contributed by atoms with E-state index in [1.165, 1.54) is 22.5 Å². The zero-order chi connectivity index (χ0) is 27.4. The van der Waals surface area contributed by atoms with Gasteiger partial charge >= 0.3 is 0 Å². The van der Waals surface area contributed by atoms with Crippen molar-refractivity contribution >= 4 is 23.2 Å². The number of carbonyl (C=O) groups is 2. The van der Waals surface area contributed by atoms with Crippen LogP contribution in [0.15, 0.2) is 60.5 Å². The van der Waals surface area contributed by atoms with Gasteiger partial charge in [0.2, 0.25) is 5.91 Å². The van der Waals surface area contributed by atoms with Gasteiger partial charge in [0.1, 0.15) is 23.1 Å². The third kappa shape index (κ3) is 6.07. The van der Waals surface area contributed by atoms with E-state index < -0.39 is 0 Å². The largest absolute Gasteiger partial charge is 0.486 e. The van der Waals surface area contributed by atoms with E-state index in [1.54, 1.807) is 0 Å². The Hall–Kier alpha value is -3.49. The summed E-state index contributed by atoms with van der Waals surface area (Å²) in [5.74, 6) is 0.865. The summed E-state index contributed by atoms with van der Waals surface area (Å²) in [7, 11) is 0. The number of rotatable bonds is 8. The van der Waals surface area contributed by atoms with Gasteiger partial charge in [0, 0.05) is 51.1 Å². The fourth-order valence-corrected chi connectivity index (χ4v) is 6.04. The minimum atomic E-state index is -0.138. The number of carbonyl (C=O) groups excluding carboxylic acids is 2. The molecule has 2 aliphatic heterocycles. The first kappa shape index (κ1) is 27.1. The van der Waals surface area contributed by atoms with E-state index in [9.17, 15) is 9.59 Å². The average molecular weight is 545 g/mol. The van der Waals surface area contributed by atoms with E-state index >= 15 is 0 Å². The Kier molecular flexibility index (Phi) is 8.43. The van der Waals surface area contributed by atoms with Gasteiger partial charge in [0.25, 0.3) is 5.91 Å². The highest BCUT2D eigenvalue weighted by molar-refractivity contribution is 7.09. The van der Waals surface area contributed by atoms with Gasteiger partial charge in [-0.3, -0.25) is 14.5 Å². The summed E-state index contributed by atoms with van der Waals surface area (Å²) in [4.78, 5) is 36.6. The molecule has 204 valence electrons. The number of aromatic nitrogens is 1. The number of hydrogen-bond acceptors (Lipinski definition) is 6. The lowest BCUT2D eigenvalue weighted by Crippen LogP contribution is -2.48. The van der Waals surface area contributed by atoms with Gasteiger partial charge in [-0.05, 0) is 42.2 Å². The third-order valence-electron chi connectivity index (χ3n) is 7.54. The Balaban J connectivity index is 1.29. The lowest BCUT2D eigenvalue weighted by molar-refractivity contribution is -0.132. The molecule has 1 aromatic heterocycles. The maximum Gasteiger partial charge on any atom is 0.273 e. The van der Waals surface area contributed by atoms with Gasteiger partial charge in [-0.1, -0.05) is 48.9 Å². The van der Waals surface area contributed by atoms with Crippen LogP contribution in [0.4, 0.5) is 0 Å². The van der Waals surface area contributed by atoms with Crippen molar-refractivity contribution in [3.05, 3.63) is 93.5 Å². The van der Waals surface area contributed by atoms with Crippen molar-refractivity contribution in [2.45, 2.75) is 39.3 Å². The Morgan fingerprint density at radius 2 is 1.87 bits per heavy atom. The molecule has 39 heavy (non-hydrogen) atoms. The Bertz CT molecular complexity index is 1330. The van der Waals surface area contributed by atoms with Crippen molar-refractivity contribution in [1.29, 1.82) is 0 Å². The second-order valence-corrected chi connectivity index (χ2v) is 11.1. The van der Waals surface area contributed by atoms with Gasteiger partial charge < -0.3 is 14.5 Å². The lowest BCUT2D eigenvalue weighted by Gasteiger charge is -2.38. The summed E-state index contributed by atoms with van der Waals surface area (Å²) in [6.45, 7) is 12.7. The molecule has 2 aliphatic rings. The van der Waals surface area contributed by atoms with Crippen LogP contribution >= 0.6 is 11.3 Å². The Morgan fingerprint density at radius 3 is 2.59 bits per heavy atom. The maximum absolute atomic E-state index is 13.0. The number of fused-ring (bicyclic) bond motifs is 1. The van der Waals surface area contributed by atoms with E-state index in [4.69, 9.17) is 4.74 Å². The van der Waals surface area contributed by atoms with E-state index in [-0.39, 0.29) is 24.5 Å². The number of nitrogens with zero attached hydrogens (tertiary/aromatic N) is 4. The first-order valence-electron chi connectivity index (χ1n) is 13.7. The van der Waals surface area contributed by atoms with E-state index in [0.717, 1.165) is 47.9 Å². The molecule has 0 saturated carbocycles. The molecular weight excluding hydrogens is 508 g/mol. The monoisotopic (exact) mass is 544 g/mol. The fourth-order valence-electron chi connectivity index (χ4n) is 5.36. The van der Waals surface area contributed by atoms with Crippen LogP contribution in [-0.4, -0.2) is 70.8 Å². The van der Waals surface area contributed by atoms with Crippen molar-refractivity contribution in [2.24, 2.45) is 0 Å². The molecular formula is C31H36N4O3S. The molecule has 8 heteroatoms. The van der Waals surface area contributed by atoms with Crippen LogP contribution in [0.3, 0.4) is 0 Å². The predicted molar refractivity (Wildman–Crippen MR) is 154 cm³/mol. The molecule has 0 spiro atoms. The van der Waals surface area contributed by atoms with Gasteiger partial charge in [-0.2, -0.15) is 0 Å². The Morgan fingerprint density at radius 1 is 1.10 bits per heavy atom. The molecule has 0 bridgehead atoms. The smallest absolute Gasteiger partial charge is 0.273 e. The van der Waals surface area contributed by atoms with Gasteiger partial charge in [-0.25, -0.2) is 4.98 Å². The molecule has 3 aromatic rings. The predicted octanol–water partition coefficient (Wildman–Crippen LogP) is 4.86. The number of piperazine rings is 1. The molecule has 0 radical (unpaired) electrons. The maximum atomic E-state index is 13.0. The molecule has 1 fully saturated rings. The molecule has 7 nitrogen and oxygen atoms in total. The highest BCUT2D eigenvalue weighted by Crippen LogP contribution is 2.37. The normalized spacial score (nSPS) is 17.5. The summed E-state index contributed by atoms with van der Waals surface area (Å²) >= 11 is 1.44. The molecule has 1 atom stereocenters. The molecule has 1 saturated heterocycles. The molecule has 2 aromatic carbocycles. The van der Waals surface area contributed by atoms with Crippen LogP contribution in [0, 0.1) is 6.92 Å². The van der Waals surface area contributed by atoms with Gasteiger partial charge in [0.15, 0.2) is 0 Å². The van der Waals surface area contributed by atoms with Crippen LogP contribution in [0.1, 0.15) is 57.1 Å². The summed E-state index contributed by atoms with van der Waals surface area (Å²) in [5.41, 5.74) is 5.12. The zero-order valence-electron chi connectivity index (χ0n) is 22.8. The van der Waals surface area contributed by atoms with Crippen LogP contribution in [0.5, 0.6) is 5.75 Å². The van der Waals surface area contributed by atoms with Gasteiger partial charge in [0.05, 0.1) is 6.04 Å². The third-order valence-corrected chi connectivity index (χ3v) is 8.36. The highest BCUT2D eigenvalue weighted by Gasteiger charge is 2.32. The lowest BCUT2D eigenvalue weighted by atomic mass is 9.87. The number of ether oxygens (including phenoxy) is 1. The second-order valence-electron chi connectivity index (χ2n) is 10.2. The van der Waals surface area contributed by atoms with Gasteiger partial charge in [-0.15, -0.1) is 17.9 Å². The zero-order valence-corrected chi connectivity index (χ0v) is 23.6. The fraction of sp³-hybridized carbons (Fsp3) is 0.387. The summed E-state index contributed by atoms with van der Waals surface area (Å²) in [6.07, 6.45) is 3.20. The number of thiazole rings is 1. The van der Waals surface area contributed by atoms with Crippen molar-refractivity contribution in [1.82, 2.24) is 19.7 Å². The van der Waals surface area contributed by atoms with Crippen molar-refractivity contribution in [3.8, 4) is 5.75 Å². The molecule has 2 amide bonds. The van der Waals surface area contributed by atoms with Crippen LogP contribution < -0.4 is 4.74 Å². The van der Waals surface area contributed by atoms with E-state index in [0.29, 0.717) is 31.7 Å². The average Bonchev–Trinajstić information content (AvgIpc) is 3.45. The van der Waals surface area contributed by atoms with Crippen LogP contribution in [0.2, 0.25) is 0 Å². The summed E-state index contributed by atoms with van der Waals surface area (Å²) in [6, 6.07) is 14.5. The second kappa shape index (κ2) is 12.1. The van der Waals surface area contributed by atoms with E-state index in [1.807, 2.05) is 34.2 Å². The minimum Gasteiger partial charge on any atom is -0.486 e. The molecule has 0 N–H and O–H groups in total. The number of aryl methyl sites for hydroxylation is 1. The van der Waals surface area contributed by atoms with Crippen molar-refractivity contribution in [2.75, 3.05) is 39.3 Å². The molecule has 3 heterocycles. The molecule has 0 aliphatic carbocycles. The molecule has 5 rings (SSSR count). The summed E-state index contributed by atoms with van der Waals surface area (Å²) in [5, 5.41) is 2.59. The number of hydrogen-bond donors (Lipinski definition) is 0. The summed E-state index contributed by atoms with van der Waals surface area (Å²) < 4.78 is 6.17. The van der Waals surface area contributed by atoms with Crippen molar-refractivity contribution < 1.29 is 14.3 Å².